The molecule has 2 heterocycles. The standard InChI is InChI=1S/C21H22ClN3O3/c1-14(21(27)25-13-20(26)23-17-4-2-3-5-18(17)25)24-10-11-28-19(12-24)15-6-8-16(22)9-7-15/h2-9,14,19H,10-13H2,1H3,(H,23,26)/t14-,19-/m1/s1. The molecule has 1 N–H and O–H groups in total. The van der Waals surface area contributed by atoms with Crippen molar-refractivity contribution in [2.24, 2.45) is 0 Å². The van der Waals surface area contributed by atoms with Crippen molar-refractivity contribution < 1.29 is 14.3 Å². The molecule has 28 heavy (non-hydrogen) atoms. The number of nitrogens with zero attached hydrogens (tertiary/aromatic N) is 2. The summed E-state index contributed by atoms with van der Waals surface area (Å²) in [5.41, 5.74) is 2.44. The van der Waals surface area contributed by atoms with E-state index < -0.39 is 0 Å². The summed E-state index contributed by atoms with van der Waals surface area (Å²) in [6.07, 6.45) is -0.113. The lowest BCUT2D eigenvalue weighted by atomic mass is 10.1. The summed E-state index contributed by atoms with van der Waals surface area (Å²) in [7, 11) is 0. The predicted octanol–water partition coefficient (Wildman–Crippen LogP) is 3.09. The SMILES string of the molecule is C[C@H](C(=O)N1CC(=O)Nc2ccccc21)N1CCO[C@@H](c2ccc(Cl)cc2)C1. The molecule has 2 aromatic rings. The highest BCUT2D eigenvalue weighted by molar-refractivity contribution is 6.30. The summed E-state index contributed by atoms with van der Waals surface area (Å²) >= 11 is 5.98. The van der Waals surface area contributed by atoms with E-state index in [1.807, 2.05) is 55.5 Å². The van der Waals surface area contributed by atoms with Crippen molar-refractivity contribution in [3.8, 4) is 0 Å². The number of carbonyl (C=O) groups is 2. The topological polar surface area (TPSA) is 61.9 Å². The molecule has 1 saturated heterocycles. The van der Waals surface area contributed by atoms with E-state index >= 15 is 0 Å². The zero-order valence-corrected chi connectivity index (χ0v) is 16.4. The Kier molecular flexibility index (Phi) is 5.35. The summed E-state index contributed by atoms with van der Waals surface area (Å²) in [6.45, 7) is 3.74. The van der Waals surface area contributed by atoms with Crippen LogP contribution in [0.4, 0.5) is 11.4 Å². The Hall–Kier alpha value is -2.41. The molecule has 2 atom stereocenters. The van der Waals surface area contributed by atoms with Crippen molar-refractivity contribution in [2.45, 2.75) is 19.1 Å². The minimum absolute atomic E-state index is 0.0329. The van der Waals surface area contributed by atoms with Gasteiger partial charge < -0.3 is 10.1 Å². The minimum atomic E-state index is -0.363. The molecule has 146 valence electrons. The van der Waals surface area contributed by atoms with Gasteiger partial charge in [0.1, 0.15) is 6.54 Å². The van der Waals surface area contributed by atoms with E-state index in [0.717, 1.165) is 11.3 Å². The number of carbonyl (C=O) groups excluding carboxylic acids is 2. The second-order valence-electron chi connectivity index (χ2n) is 7.07. The Balaban J connectivity index is 1.51. The number of morpholine rings is 1. The van der Waals surface area contributed by atoms with Gasteiger partial charge in [-0.3, -0.25) is 19.4 Å². The first-order chi connectivity index (χ1) is 13.5. The van der Waals surface area contributed by atoms with E-state index in [-0.39, 0.29) is 30.5 Å². The van der Waals surface area contributed by atoms with E-state index in [2.05, 4.69) is 10.2 Å². The second kappa shape index (κ2) is 7.91. The van der Waals surface area contributed by atoms with Gasteiger partial charge in [0.15, 0.2) is 0 Å². The lowest BCUT2D eigenvalue weighted by molar-refractivity contribution is -0.128. The monoisotopic (exact) mass is 399 g/mol. The molecular formula is C21H22ClN3O3. The van der Waals surface area contributed by atoms with Crippen LogP contribution >= 0.6 is 11.6 Å². The molecule has 2 aliphatic rings. The first kappa shape index (κ1) is 18.9. The first-order valence-electron chi connectivity index (χ1n) is 9.34. The van der Waals surface area contributed by atoms with Crippen molar-refractivity contribution in [1.82, 2.24) is 4.90 Å². The van der Waals surface area contributed by atoms with E-state index in [9.17, 15) is 9.59 Å². The van der Waals surface area contributed by atoms with Gasteiger partial charge in [-0.1, -0.05) is 35.9 Å². The van der Waals surface area contributed by atoms with Crippen molar-refractivity contribution in [2.75, 3.05) is 36.5 Å². The summed E-state index contributed by atoms with van der Waals surface area (Å²) in [4.78, 5) is 29.0. The predicted molar refractivity (Wildman–Crippen MR) is 109 cm³/mol. The van der Waals surface area contributed by atoms with Crippen LogP contribution in [-0.2, 0) is 14.3 Å². The minimum Gasteiger partial charge on any atom is -0.371 e. The molecule has 6 nitrogen and oxygen atoms in total. The average Bonchev–Trinajstić information content (AvgIpc) is 2.72. The highest BCUT2D eigenvalue weighted by Crippen LogP contribution is 2.31. The van der Waals surface area contributed by atoms with Gasteiger partial charge >= 0.3 is 0 Å². The van der Waals surface area contributed by atoms with Gasteiger partial charge in [0.2, 0.25) is 11.8 Å². The normalized spacial score (nSPS) is 21.0. The molecule has 4 rings (SSSR count). The molecule has 0 bridgehead atoms. The molecular weight excluding hydrogens is 378 g/mol. The number of hydrogen-bond acceptors (Lipinski definition) is 4. The van der Waals surface area contributed by atoms with Crippen LogP contribution in [0.2, 0.25) is 5.02 Å². The smallest absolute Gasteiger partial charge is 0.244 e. The molecule has 2 aliphatic heterocycles. The van der Waals surface area contributed by atoms with Crippen LogP contribution < -0.4 is 10.2 Å². The number of benzene rings is 2. The van der Waals surface area contributed by atoms with Crippen molar-refractivity contribution in [3.63, 3.8) is 0 Å². The number of fused-ring (bicyclic) bond motifs is 1. The number of amides is 2. The zero-order chi connectivity index (χ0) is 19.7. The van der Waals surface area contributed by atoms with Gasteiger partial charge in [-0.15, -0.1) is 0 Å². The Labute approximate surface area is 169 Å². The highest BCUT2D eigenvalue weighted by atomic mass is 35.5. The Morgan fingerprint density at radius 3 is 2.75 bits per heavy atom. The van der Waals surface area contributed by atoms with Crippen LogP contribution in [0, 0.1) is 0 Å². The number of anilines is 2. The molecule has 0 aliphatic carbocycles. The fourth-order valence-corrected chi connectivity index (χ4v) is 3.84. The Bertz CT molecular complexity index is 887. The molecule has 2 aromatic carbocycles. The highest BCUT2D eigenvalue weighted by Gasteiger charge is 2.34. The van der Waals surface area contributed by atoms with Crippen LogP contribution in [0.3, 0.4) is 0 Å². The van der Waals surface area contributed by atoms with E-state index in [1.54, 1.807) is 4.90 Å². The van der Waals surface area contributed by atoms with Crippen molar-refractivity contribution >= 4 is 34.8 Å². The quantitative estimate of drug-likeness (QED) is 0.861. The Morgan fingerprint density at radius 2 is 1.96 bits per heavy atom. The third-order valence-electron chi connectivity index (χ3n) is 5.28. The molecule has 2 amide bonds. The van der Waals surface area contributed by atoms with Gasteiger partial charge in [-0.25, -0.2) is 0 Å². The number of hydrogen-bond donors (Lipinski definition) is 1. The maximum absolute atomic E-state index is 13.2. The van der Waals surface area contributed by atoms with Crippen LogP contribution in [0.15, 0.2) is 48.5 Å². The van der Waals surface area contributed by atoms with Crippen LogP contribution in [-0.4, -0.2) is 49.0 Å². The third-order valence-corrected chi connectivity index (χ3v) is 5.53. The zero-order valence-electron chi connectivity index (χ0n) is 15.6. The lowest BCUT2D eigenvalue weighted by Crippen LogP contribution is -2.54. The van der Waals surface area contributed by atoms with Crippen LogP contribution in [0.25, 0.3) is 0 Å². The first-order valence-corrected chi connectivity index (χ1v) is 9.72. The maximum atomic E-state index is 13.2. The summed E-state index contributed by atoms with van der Waals surface area (Å²) in [5.74, 6) is -0.265. The van der Waals surface area contributed by atoms with Gasteiger partial charge in [-0.05, 0) is 36.8 Å². The molecule has 0 spiro atoms. The van der Waals surface area contributed by atoms with Gasteiger partial charge in [-0.2, -0.15) is 0 Å². The largest absolute Gasteiger partial charge is 0.371 e. The number of para-hydroxylation sites is 2. The second-order valence-corrected chi connectivity index (χ2v) is 7.51. The summed E-state index contributed by atoms with van der Waals surface area (Å²) in [6, 6.07) is 14.6. The van der Waals surface area contributed by atoms with Gasteiger partial charge in [0.05, 0.1) is 30.1 Å². The van der Waals surface area contributed by atoms with Crippen LogP contribution in [0.1, 0.15) is 18.6 Å². The van der Waals surface area contributed by atoms with E-state index in [0.29, 0.717) is 30.4 Å². The van der Waals surface area contributed by atoms with E-state index in [1.165, 1.54) is 0 Å². The molecule has 0 radical (unpaired) electrons. The Morgan fingerprint density at radius 1 is 1.21 bits per heavy atom. The van der Waals surface area contributed by atoms with Crippen LogP contribution in [0.5, 0.6) is 0 Å². The number of halogens is 1. The van der Waals surface area contributed by atoms with Crippen molar-refractivity contribution in [3.05, 3.63) is 59.1 Å². The lowest BCUT2D eigenvalue weighted by Gasteiger charge is -2.39. The number of rotatable bonds is 3. The molecule has 0 unspecified atom stereocenters. The fourth-order valence-electron chi connectivity index (χ4n) is 3.71. The summed E-state index contributed by atoms with van der Waals surface area (Å²) in [5, 5.41) is 3.50. The molecule has 0 aromatic heterocycles. The molecule has 0 saturated carbocycles. The number of ether oxygens (including phenoxy) is 1. The molecule has 7 heteroatoms. The third kappa shape index (κ3) is 3.76. The van der Waals surface area contributed by atoms with Gasteiger partial charge in [0.25, 0.3) is 0 Å². The van der Waals surface area contributed by atoms with Crippen molar-refractivity contribution in [1.29, 1.82) is 0 Å². The van der Waals surface area contributed by atoms with Gasteiger partial charge in [0, 0.05) is 18.1 Å². The fraction of sp³-hybridized carbons (Fsp3) is 0.333. The maximum Gasteiger partial charge on any atom is 0.244 e. The number of nitrogens with one attached hydrogen (secondary N) is 1. The summed E-state index contributed by atoms with van der Waals surface area (Å²) < 4.78 is 5.91. The van der Waals surface area contributed by atoms with E-state index in [4.69, 9.17) is 16.3 Å². The molecule has 1 fully saturated rings. The average molecular weight is 400 g/mol.